The van der Waals surface area contributed by atoms with Gasteiger partial charge in [0, 0.05) is 19.7 Å². The van der Waals surface area contributed by atoms with Gasteiger partial charge in [0.05, 0.1) is 6.61 Å². The molecule has 0 aromatic heterocycles. The lowest BCUT2D eigenvalue weighted by Gasteiger charge is -2.06. The predicted octanol–water partition coefficient (Wildman–Crippen LogP) is 3.08. The van der Waals surface area contributed by atoms with Crippen LogP contribution in [0.1, 0.15) is 42.7 Å². The number of hydrogen-bond donors (Lipinski definition) is 1. The Bertz CT molecular complexity index is 365. The fourth-order valence-corrected chi connectivity index (χ4v) is 2.24. The van der Waals surface area contributed by atoms with Gasteiger partial charge in [0.1, 0.15) is 0 Å². The summed E-state index contributed by atoms with van der Waals surface area (Å²) in [5.74, 6) is 1.74. The summed E-state index contributed by atoms with van der Waals surface area (Å²) in [6.45, 7) is 3.73. The summed E-state index contributed by atoms with van der Waals surface area (Å²) in [5.41, 5.74) is 2.90. The van der Waals surface area contributed by atoms with Crippen molar-refractivity contribution in [2.75, 3.05) is 19.8 Å². The molecule has 2 saturated carbocycles. The molecule has 2 fully saturated rings. The average Bonchev–Trinajstić information content (AvgIpc) is 3.28. The van der Waals surface area contributed by atoms with Crippen molar-refractivity contribution in [3.8, 4) is 0 Å². The van der Waals surface area contributed by atoms with Crippen LogP contribution in [0.15, 0.2) is 24.3 Å². The van der Waals surface area contributed by atoms with Gasteiger partial charge in [-0.05, 0) is 48.6 Å². The largest absolute Gasteiger partial charge is 0.380 e. The van der Waals surface area contributed by atoms with Gasteiger partial charge in [-0.25, -0.2) is 0 Å². The standard InChI is InChI=1S/C16H23NO/c1-2-14(1)12-18-10-9-17-11-13-3-5-15(6-4-13)16-7-8-16/h3-6,14,16-17H,1-2,7-12H2. The van der Waals surface area contributed by atoms with Gasteiger partial charge in [0.25, 0.3) is 0 Å². The monoisotopic (exact) mass is 245 g/mol. The Morgan fingerprint density at radius 2 is 1.83 bits per heavy atom. The molecule has 1 N–H and O–H groups in total. The molecule has 2 aliphatic rings. The summed E-state index contributed by atoms with van der Waals surface area (Å²) in [6, 6.07) is 9.09. The molecule has 1 aromatic carbocycles. The second kappa shape index (κ2) is 5.85. The fourth-order valence-electron chi connectivity index (χ4n) is 2.24. The zero-order valence-electron chi connectivity index (χ0n) is 11.0. The normalized spacial score (nSPS) is 19.1. The van der Waals surface area contributed by atoms with E-state index in [4.69, 9.17) is 4.74 Å². The highest BCUT2D eigenvalue weighted by molar-refractivity contribution is 5.27. The van der Waals surface area contributed by atoms with Gasteiger partial charge in [-0.2, -0.15) is 0 Å². The molecule has 1 aromatic rings. The van der Waals surface area contributed by atoms with E-state index < -0.39 is 0 Å². The van der Waals surface area contributed by atoms with Crippen molar-refractivity contribution in [1.82, 2.24) is 5.32 Å². The molecular weight excluding hydrogens is 222 g/mol. The van der Waals surface area contributed by atoms with Crippen LogP contribution in [0, 0.1) is 5.92 Å². The van der Waals surface area contributed by atoms with Crippen molar-refractivity contribution in [3.63, 3.8) is 0 Å². The van der Waals surface area contributed by atoms with E-state index in [2.05, 4.69) is 29.6 Å². The lowest BCUT2D eigenvalue weighted by molar-refractivity contribution is 0.126. The lowest BCUT2D eigenvalue weighted by atomic mass is 10.1. The zero-order valence-corrected chi connectivity index (χ0v) is 11.0. The van der Waals surface area contributed by atoms with E-state index >= 15 is 0 Å². The van der Waals surface area contributed by atoms with E-state index in [0.29, 0.717) is 0 Å². The highest BCUT2D eigenvalue weighted by Gasteiger charge is 2.22. The molecule has 0 amide bonds. The van der Waals surface area contributed by atoms with Crippen LogP contribution in [0.5, 0.6) is 0 Å². The molecule has 0 unspecified atom stereocenters. The lowest BCUT2D eigenvalue weighted by Crippen LogP contribution is -2.19. The topological polar surface area (TPSA) is 21.3 Å². The maximum absolute atomic E-state index is 5.59. The van der Waals surface area contributed by atoms with Gasteiger partial charge in [-0.1, -0.05) is 24.3 Å². The van der Waals surface area contributed by atoms with Crippen molar-refractivity contribution < 1.29 is 4.74 Å². The minimum absolute atomic E-state index is 0.844. The van der Waals surface area contributed by atoms with Crippen LogP contribution >= 0.6 is 0 Å². The molecule has 0 bridgehead atoms. The first kappa shape index (κ1) is 12.2. The summed E-state index contributed by atoms with van der Waals surface area (Å²) in [6.07, 6.45) is 5.52. The average molecular weight is 245 g/mol. The first-order valence-electron chi connectivity index (χ1n) is 7.29. The van der Waals surface area contributed by atoms with Crippen molar-refractivity contribution in [1.29, 1.82) is 0 Å². The second-order valence-electron chi connectivity index (χ2n) is 5.71. The van der Waals surface area contributed by atoms with Gasteiger partial charge >= 0.3 is 0 Å². The smallest absolute Gasteiger partial charge is 0.0591 e. The fraction of sp³-hybridized carbons (Fsp3) is 0.625. The van der Waals surface area contributed by atoms with Crippen LogP contribution in [0.4, 0.5) is 0 Å². The minimum atomic E-state index is 0.844. The summed E-state index contributed by atoms with van der Waals surface area (Å²) < 4.78 is 5.59. The molecule has 2 aliphatic carbocycles. The Balaban J connectivity index is 1.29. The highest BCUT2D eigenvalue weighted by atomic mass is 16.5. The van der Waals surface area contributed by atoms with E-state index in [0.717, 1.165) is 38.1 Å². The third-order valence-corrected chi connectivity index (χ3v) is 3.83. The third kappa shape index (κ3) is 3.82. The van der Waals surface area contributed by atoms with E-state index in [1.807, 2.05) is 0 Å². The van der Waals surface area contributed by atoms with Crippen LogP contribution in [0.25, 0.3) is 0 Å². The minimum Gasteiger partial charge on any atom is -0.380 e. The van der Waals surface area contributed by atoms with E-state index in [1.165, 1.54) is 36.8 Å². The van der Waals surface area contributed by atoms with Crippen molar-refractivity contribution in [2.45, 2.75) is 38.1 Å². The Morgan fingerprint density at radius 3 is 2.50 bits per heavy atom. The van der Waals surface area contributed by atoms with E-state index in [1.54, 1.807) is 0 Å². The molecule has 0 heterocycles. The maximum Gasteiger partial charge on any atom is 0.0591 e. The summed E-state index contributed by atoms with van der Waals surface area (Å²) >= 11 is 0. The molecule has 18 heavy (non-hydrogen) atoms. The predicted molar refractivity (Wildman–Crippen MR) is 73.7 cm³/mol. The first-order valence-corrected chi connectivity index (χ1v) is 7.29. The van der Waals surface area contributed by atoms with Gasteiger partial charge in [-0.3, -0.25) is 0 Å². The maximum atomic E-state index is 5.59. The molecule has 0 saturated heterocycles. The van der Waals surface area contributed by atoms with Crippen molar-refractivity contribution in [3.05, 3.63) is 35.4 Å². The number of nitrogens with one attached hydrogen (secondary N) is 1. The van der Waals surface area contributed by atoms with E-state index in [9.17, 15) is 0 Å². The molecule has 0 atom stereocenters. The molecule has 0 spiro atoms. The molecule has 2 nitrogen and oxygen atoms in total. The molecule has 98 valence electrons. The summed E-state index contributed by atoms with van der Waals surface area (Å²) in [4.78, 5) is 0. The SMILES string of the molecule is c1cc(C2CC2)ccc1CNCCOCC1CC1. The second-order valence-corrected chi connectivity index (χ2v) is 5.71. The number of rotatable bonds is 8. The number of hydrogen-bond acceptors (Lipinski definition) is 2. The summed E-state index contributed by atoms with van der Waals surface area (Å²) in [5, 5.41) is 3.44. The van der Waals surface area contributed by atoms with E-state index in [-0.39, 0.29) is 0 Å². The quantitative estimate of drug-likeness (QED) is 0.711. The first-order chi connectivity index (χ1) is 8.92. The molecular formula is C16H23NO. The molecule has 0 radical (unpaired) electrons. The van der Waals surface area contributed by atoms with Gasteiger partial charge in [-0.15, -0.1) is 0 Å². The van der Waals surface area contributed by atoms with Gasteiger partial charge < -0.3 is 10.1 Å². The van der Waals surface area contributed by atoms with Crippen molar-refractivity contribution in [2.24, 2.45) is 5.92 Å². The number of benzene rings is 1. The highest BCUT2D eigenvalue weighted by Crippen LogP contribution is 2.39. The zero-order chi connectivity index (χ0) is 12.2. The molecule has 0 aliphatic heterocycles. The van der Waals surface area contributed by atoms with Crippen molar-refractivity contribution >= 4 is 0 Å². The van der Waals surface area contributed by atoms with Gasteiger partial charge in [0.2, 0.25) is 0 Å². The Morgan fingerprint density at radius 1 is 1.06 bits per heavy atom. The Hall–Kier alpha value is -0.860. The Labute approximate surface area is 110 Å². The van der Waals surface area contributed by atoms with Crippen LogP contribution in [-0.2, 0) is 11.3 Å². The van der Waals surface area contributed by atoms with Crippen LogP contribution in [0.3, 0.4) is 0 Å². The molecule has 3 rings (SSSR count). The van der Waals surface area contributed by atoms with Crippen LogP contribution in [0.2, 0.25) is 0 Å². The van der Waals surface area contributed by atoms with Crippen LogP contribution in [-0.4, -0.2) is 19.8 Å². The summed E-state index contributed by atoms with van der Waals surface area (Å²) in [7, 11) is 0. The Kier molecular flexibility index (Phi) is 3.96. The number of ether oxygens (including phenoxy) is 1. The van der Waals surface area contributed by atoms with Gasteiger partial charge in [0.15, 0.2) is 0 Å². The third-order valence-electron chi connectivity index (χ3n) is 3.83. The van der Waals surface area contributed by atoms with Crippen LogP contribution < -0.4 is 5.32 Å². The molecule has 2 heteroatoms.